The van der Waals surface area contributed by atoms with Crippen LogP contribution in [0.1, 0.15) is 5.56 Å². The summed E-state index contributed by atoms with van der Waals surface area (Å²) in [5, 5.41) is 17.9. The zero-order valence-electron chi connectivity index (χ0n) is 10.8. The van der Waals surface area contributed by atoms with Crippen LogP contribution < -0.4 is 10.2 Å². The van der Waals surface area contributed by atoms with Crippen LogP contribution >= 0.6 is 0 Å². The van der Waals surface area contributed by atoms with Gasteiger partial charge in [0.2, 0.25) is 0 Å². The Bertz CT molecular complexity index is 606. The van der Waals surface area contributed by atoms with Gasteiger partial charge in [0.05, 0.1) is 0 Å². The summed E-state index contributed by atoms with van der Waals surface area (Å²) >= 11 is 0. The predicted octanol–water partition coefficient (Wildman–Crippen LogP) is 1.68. The molecule has 2 aromatic rings. The molecule has 0 aliphatic rings. The number of halogens is 3. The summed E-state index contributed by atoms with van der Waals surface area (Å²) in [5.41, 5.74) is -0.392. The van der Waals surface area contributed by atoms with Gasteiger partial charge in [0, 0.05) is 11.6 Å². The van der Waals surface area contributed by atoms with Gasteiger partial charge in [-0.3, -0.25) is 0 Å². The normalized spacial score (nSPS) is 11.3. The quantitative estimate of drug-likeness (QED) is 0.825. The Morgan fingerprint density at radius 1 is 1.05 bits per heavy atom. The van der Waals surface area contributed by atoms with E-state index in [9.17, 15) is 13.2 Å². The fourth-order valence-corrected chi connectivity index (χ4v) is 1.76. The van der Waals surface area contributed by atoms with E-state index in [1.54, 1.807) is 6.07 Å². The van der Waals surface area contributed by atoms with E-state index in [1.807, 2.05) is 0 Å². The van der Waals surface area contributed by atoms with Crippen LogP contribution in [0.25, 0.3) is 0 Å². The molecule has 21 heavy (non-hydrogen) atoms. The molecule has 2 rings (SSSR count). The van der Waals surface area contributed by atoms with Crippen molar-refractivity contribution in [3.05, 3.63) is 59.9 Å². The van der Waals surface area contributed by atoms with E-state index >= 15 is 0 Å². The van der Waals surface area contributed by atoms with E-state index in [1.165, 1.54) is 24.3 Å². The third kappa shape index (κ3) is 3.99. The highest BCUT2D eigenvalue weighted by atomic mass is 19.3. The van der Waals surface area contributed by atoms with Gasteiger partial charge in [-0.2, -0.15) is 8.78 Å². The lowest BCUT2D eigenvalue weighted by molar-refractivity contribution is -0.0467. The van der Waals surface area contributed by atoms with E-state index in [0.717, 1.165) is 18.2 Å². The second-order valence-corrected chi connectivity index (χ2v) is 4.45. The van der Waals surface area contributed by atoms with Crippen molar-refractivity contribution in [3.63, 3.8) is 0 Å². The molecule has 7 heteroatoms. The molecule has 0 atom stereocenters. The molecule has 0 saturated carbocycles. The highest BCUT2D eigenvalue weighted by Gasteiger charge is 2.32. The highest BCUT2D eigenvalue weighted by molar-refractivity contribution is 6.58. The first-order valence-corrected chi connectivity index (χ1v) is 6.11. The topological polar surface area (TPSA) is 49.7 Å². The van der Waals surface area contributed by atoms with E-state index in [-0.39, 0.29) is 16.8 Å². The van der Waals surface area contributed by atoms with Gasteiger partial charge in [-0.15, -0.1) is 0 Å². The SMILES string of the molecule is OB(O)c1cc(F)cc(OCC(F)(F)c2ccccc2)c1. The summed E-state index contributed by atoms with van der Waals surface area (Å²) in [6.45, 7) is -0.985. The van der Waals surface area contributed by atoms with Gasteiger partial charge < -0.3 is 14.8 Å². The minimum atomic E-state index is -3.24. The molecular weight excluding hydrogens is 284 g/mol. The van der Waals surface area contributed by atoms with Crippen molar-refractivity contribution in [1.29, 1.82) is 0 Å². The van der Waals surface area contributed by atoms with Crippen LogP contribution in [-0.2, 0) is 5.92 Å². The van der Waals surface area contributed by atoms with Gasteiger partial charge in [0.1, 0.15) is 11.6 Å². The van der Waals surface area contributed by atoms with E-state index < -0.39 is 25.5 Å². The lowest BCUT2D eigenvalue weighted by atomic mass is 9.80. The Morgan fingerprint density at radius 3 is 2.33 bits per heavy atom. The molecule has 0 spiro atoms. The molecule has 110 valence electrons. The molecule has 3 nitrogen and oxygen atoms in total. The molecule has 0 aromatic heterocycles. The van der Waals surface area contributed by atoms with Crippen LogP contribution in [0.5, 0.6) is 5.75 Å². The monoisotopic (exact) mass is 296 g/mol. The molecule has 2 aromatic carbocycles. The maximum atomic E-state index is 13.9. The molecule has 0 aliphatic heterocycles. The number of rotatable bonds is 5. The molecule has 0 bridgehead atoms. The molecular formula is C14H12BF3O3. The van der Waals surface area contributed by atoms with Crippen LogP contribution in [0, 0.1) is 5.82 Å². The number of benzene rings is 2. The largest absolute Gasteiger partial charge is 0.488 e. The summed E-state index contributed by atoms with van der Waals surface area (Å²) in [7, 11) is -1.90. The first-order chi connectivity index (χ1) is 9.88. The maximum absolute atomic E-state index is 13.9. The minimum absolute atomic E-state index is 0.173. The Labute approximate surface area is 119 Å². The van der Waals surface area contributed by atoms with Crippen LogP contribution in [0.15, 0.2) is 48.5 Å². The van der Waals surface area contributed by atoms with E-state index in [2.05, 4.69) is 0 Å². The summed E-state index contributed by atoms with van der Waals surface area (Å²) in [4.78, 5) is 0. The molecule has 0 amide bonds. The molecule has 0 fully saturated rings. The van der Waals surface area contributed by atoms with Crippen molar-refractivity contribution < 1.29 is 28.0 Å². The van der Waals surface area contributed by atoms with E-state index in [4.69, 9.17) is 14.8 Å². The Balaban J connectivity index is 2.12. The van der Waals surface area contributed by atoms with Crippen LogP contribution in [-0.4, -0.2) is 23.8 Å². The second-order valence-electron chi connectivity index (χ2n) is 4.45. The molecule has 0 radical (unpaired) electrons. The van der Waals surface area contributed by atoms with Crippen LogP contribution in [0.2, 0.25) is 0 Å². The van der Waals surface area contributed by atoms with Gasteiger partial charge in [-0.1, -0.05) is 30.3 Å². The van der Waals surface area contributed by atoms with Gasteiger partial charge in [0.25, 0.3) is 0 Å². The van der Waals surface area contributed by atoms with Gasteiger partial charge in [-0.25, -0.2) is 4.39 Å². The van der Waals surface area contributed by atoms with Crippen molar-refractivity contribution >= 4 is 12.6 Å². The van der Waals surface area contributed by atoms with Crippen LogP contribution in [0.4, 0.5) is 13.2 Å². The second kappa shape index (κ2) is 6.20. The number of ether oxygens (including phenoxy) is 1. The standard InChI is InChI=1S/C14H12BF3O3/c16-12-6-11(15(19)20)7-13(8-12)21-9-14(17,18)10-4-2-1-3-5-10/h1-8,19-20H,9H2. The van der Waals surface area contributed by atoms with Crippen molar-refractivity contribution in [2.75, 3.05) is 6.61 Å². The number of hydrogen-bond acceptors (Lipinski definition) is 3. The first-order valence-electron chi connectivity index (χ1n) is 6.11. The molecule has 0 saturated heterocycles. The predicted molar refractivity (Wildman–Crippen MR) is 72.1 cm³/mol. The Hall–Kier alpha value is -1.99. The first kappa shape index (κ1) is 15.4. The average Bonchev–Trinajstić information content (AvgIpc) is 2.45. The third-order valence-corrected chi connectivity index (χ3v) is 2.81. The van der Waals surface area contributed by atoms with Gasteiger partial charge in [0.15, 0.2) is 6.61 Å². The summed E-state index contributed by atoms with van der Waals surface area (Å²) < 4.78 is 45.9. The zero-order chi connectivity index (χ0) is 15.5. The highest BCUT2D eigenvalue weighted by Crippen LogP contribution is 2.28. The van der Waals surface area contributed by atoms with Gasteiger partial charge in [-0.05, 0) is 17.6 Å². The Morgan fingerprint density at radius 2 is 1.71 bits per heavy atom. The fraction of sp³-hybridized carbons (Fsp3) is 0.143. The summed E-state index contributed by atoms with van der Waals surface area (Å²) in [6, 6.07) is 9.96. The maximum Gasteiger partial charge on any atom is 0.488 e. The number of hydrogen-bond donors (Lipinski definition) is 2. The van der Waals surface area contributed by atoms with Crippen molar-refractivity contribution in [1.82, 2.24) is 0 Å². The lowest BCUT2D eigenvalue weighted by Gasteiger charge is -2.17. The van der Waals surface area contributed by atoms with E-state index in [0.29, 0.717) is 0 Å². The average molecular weight is 296 g/mol. The summed E-state index contributed by atoms with van der Waals surface area (Å²) in [6.07, 6.45) is 0. The van der Waals surface area contributed by atoms with Crippen molar-refractivity contribution in [2.45, 2.75) is 5.92 Å². The Kier molecular flexibility index (Phi) is 4.54. The lowest BCUT2D eigenvalue weighted by Crippen LogP contribution is -2.30. The smallest absolute Gasteiger partial charge is 0.487 e. The molecule has 0 unspecified atom stereocenters. The molecule has 0 heterocycles. The zero-order valence-corrected chi connectivity index (χ0v) is 10.8. The molecule has 2 N–H and O–H groups in total. The number of alkyl halides is 2. The van der Waals surface area contributed by atoms with Crippen molar-refractivity contribution in [3.8, 4) is 5.75 Å². The van der Waals surface area contributed by atoms with Crippen molar-refractivity contribution in [2.24, 2.45) is 0 Å². The molecule has 0 aliphatic carbocycles. The third-order valence-electron chi connectivity index (χ3n) is 2.81. The van der Waals surface area contributed by atoms with Crippen LogP contribution in [0.3, 0.4) is 0 Å². The minimum Gasteiger partial charge on any atom is -0.487 e. The van der Waals surface area contributed by atoms with Gasteiger partial charge >= 0.3 is 13.0 Å². The fourth-order valence-electron chi connectivity index (χ4n) is 1.76. The summed E-state index contributed by atoms with van der Waals surface area (Å²) in [5.74, 6) is -4.25.